The van der Waals surface area contributed by atoms with Gasteiger partial charge in [-0.3, -0.25) is 10.1 Å². The van der Waals surface area contributed by atoms with E-state index in [1.54, 1.807) is 6.92 Å². The van der Waals surface area contributed by atoms with Gasteiger partial charge in [0.05, 0.1) is 22.1 Å². The first-order valence-corrected chi connectivity index (χ1v) is 8.04. The summed E-state index contributed by atoms with van der Waals surface area (Å²) in [4.78, 5) is 22.7. The molecule has 128 valence electrons. The molecule has 0 atom stereocenters. The van der Waals surface area contributed by atoms with Gasteiger partial charge in [0.25, 0.3) is 5.69 Å². The fraction of sp³-hybridized carbons (Fsp3) is 0.308. The second-order valence-electron chi connectivity index (χ2n) is 4.70. The third-order valence-electron chi connectivity index (χ3n) is 2.92. The lowest BCUT2D eigenvalue weighted by molar-refractivity contribution is -0.387. The number of aryl methyl sites for hydroxylation is 1. The molecule has 9 nitrogen and oxygen atoms in total. The quantitative estimate of drug-likeness (QED) is 0.355. The van der Waals surface area contributed by atoms with Crippen molar-refractivity contribution in [1.82, 2.24) is 14.9 Å². The van der Waals surface area contributed by atoms with E-state index in [1.807, 2.05) is 6.92 Å². The molecule has 0 unspecified atom stereocenters. The van der Waals surface area contributed by atoms with Crippen LogP contribution < -0.4 is 5.84 Å². The molecule has 2 rings (SSSR count). The van der Waals surface area contributed by atoms with E-state index >= 15 is 0 Å². The molecule has 2 aromatic rings. The number of nitro groups is 1. The molecule has 2 N–H and O–H groups in total. The first-order chi connectivity index (χ1) is 11.3. The predicted octanol–water partition coefficient (Wildman–Crippen LogP) is 2.58. The lowest BCUT2D eigenvalue weighted by Gasteiger charge is -2.08. The van der Waals surface area contributed by atoms with Crippen LogP contribution in [0.2, 0.25) is 5.02 Å². The number of nitro benzene ring substituents is 1. The van der Waals surface area contributed by atoms with Gasteiger partial charge in [-0.1, -0.05) is 18.5 Å². The SMILES string of the molecule is CCCOC(=O)c1cc(Cl)c(Sc2nnc(C)n2N)c([N+](=O)[O-])c1. The van der Waals surface area contributed by atoms with Gasteiger partial charge < -0.3 is 10.6 Å². The molecule has 0 amide bonds. The minimum Gasteiger partial charge on any atom is -0.462 e. The lowest BCUT2D eigenvalue weighted by atomic mass is 10.2. The fourth-order valence-corrected chi connectivity index (χ4v) is 2.94. The van der Waals surface area contributed by atoms with E-state index in [0.717, 1.165) is 17.8 Å². The molecule has 0 bridgehead atoms. The number of halogens is 1. The van der Waals surface area contributed by atoms with E-state index in [9.17, 15) is 14.9 Å². The normalized spacial score (nSPS) is 10.6. The number of esters is 1. The van der Waals surface area contributed by atoms with E-state index in [-0.39, 0.29) is 32.9 Å². The highest BCUT2D eigenvalue weighted by Crippen LogP contribution is 2.40. The smallest absolute Gasteiger partial charge is 0.338 e. The Hall–Kier alpha value is -2.33. The van der Waals surface area contributed by atoms with Crippen LogP contribution in [0.15, 0.2) is 22.2 Å². The van der Waals surface area contributed by atoms with Crippen LogP contribution in [0.4, 0.5) is 5.69 Å². The molecule has 1 aromatic carbocycles. The number of hydrogen-bond donors (Lipinski definition) is 1. The van der Waals surface area contributed by atoms with Crippen molar-refractivity contribution < 1.29 is 14.5 Å². The van der Waals surface area contributed by atoms with Gasteiger partial charge in [0, 0.05) is 6.07 Å². The minimum atomic E-state index is -0.670. The molecular formula is C13H14ClN5O4S. The van der Waals surface area contributed by atoms with Crippen molar-refractivity contribution in [3.8, 4) is 0 Å². The first-order valence-electron chi connectivity index (χ1n) is 6.85. The number of nitrogens with zero attached hydrogens (tertiary/aromatic N) is 4. The molecular weight excluding hydrogens is 358 g/mol. The second kappa shape index (κ2) is 7.49. The number of aromatic nitrogens is 3. The summed E-state index contributed by atoms with van der Waals surface area (Å²) in [5.41, 5.74) is -0.327. The zero-order valence-electron chi connectivity index (χ0n) is 12.9. The lowest BCUT2D eigenvalue weighted by Crippen LogP contribution is -2.11. The monoisotopic (exact) mass is 371 g/mol. The first kappa shape index (κ1) is 18.0. The maximum absolute atomic E-state index is 11.9. The second-order valence-corrected chi connectivity index (χ2v) is 6.09. The Kier molecular flexibility index (Phi) is 5.62. The number of nitrogen functional groups attached to an aromatic ring is 1. The molecule has 1 heterocycles. The van der Waals surface area contributed by atoms with E-state index < -0.39 is 10.9 Å². The Bertz CT molecular complexity index is 795. The van der Waals surface area contributed by atoms with Crippen LogP contribution in [0.25, 0.3) is 0 Å². The van der Waals surface area contributed by atoms with Crippen LogP contribution in [0.1, 0.15) is 29.5 Å². The molecule has 0 aliphatic rings. The summed E-state index contributed by atoms with van der Waals surface area (Å²) >= 11 is 7.03. The minimum absolute atomic E-state index is 0.00916. The van der Waals surface area contributed by atoms with Gasteiger partial charge in [0.1, 0.15) is 10.7 Å². The van der Waals surface area contributed by atoms with E-state index in [2.05, 4.69) is 10.2 Å². The summed E-state index contributed by atoms with van der Waals surface area (Å²) in [6.45, 7) is 3.70. The summed E-state index contributed by atoms with van der Waals surface area (Å²) in [6.07, 6.45) is 0.640. The highest BCUT2D eigenvalue weighted by atomic mass is 35.5. The van der Waals surface area contributed by atoms with Crippen molar-refractivity contribution >= 4 is 35.0 Å². The van der Waals surface area contributed by atoms with E-state index in [0.29, 0.717) is 12.2 Å². The molecule has 1 aromatic heterocycles. The fourth-order valence-electron chi connectivity index (χ4n) is 1.72. The van der Waals surface area contributed by atoms with E-state index in [1.165, 1.54) is 10.7 Å². The Labute approximate surface area is 146 Å². The zero-order chi connectivity index (χ0) is 17.9. The molecule has 0 spiro atoms. The molecule has 11 heteroatoms. The average molecular weight is 372 g/mol. The highest BCUT2D eigenvalue weighted by molar-refractivity contribution is 7.99. The molecule has 24 heavy (non-hydrogen) atoms. The number of carbonyl (C=O) groups is 1. The summed E-state index contributed by atoms with van der Waals surface area (Å²) in [7, 11) is 0. The molecule has 0 aliphatic carbocycles. The zero-order valence-corrected chi connectivity index (χ0v) is 14.4. The van der Waals surface area contributed by atoms with Gasteiger partial charge in [-0.05, 0) is 31.2 Å². The third kappa shape index (κ3) is 3.77. The van der Waals surface area contributed by atoms with Crippen LogP contribution in [-0.4, -0.2) is 32.4 Å². The van der Waals surface area contributed by atoms with E-state index in [4.69, 9.17) is 22.2 Å². The predicted molar refractivity (Wildman–Crippen MR) is 87.7 cm³/mol. The third-order valence-corrected chi connectivity index (χ3v) is 4.43. The Balaban J connectivity index is 2.43. The average Bonchev–Trinajstić information content (AvgIpc) is 2.85. The number of benzene rings is 1. The topological polar surface area (TPSA) is 126 Å². The molecule has 0 aliphatic heterocycles. The largest absolute Gasteiger partial charge is 0.462 e. The maximum Gasteiger partial charge on any atom is 0.338 e. The standard InChI is InChI=1S/C13H14ClN5O4S/c1-3-4-23-12(20)8-5-9(14)11(10(6-8)19(21)22)24-13-17-16-7(2)18(13)15/h5-6H,3-4,15H2,1-2H3. The number of ether oxygens (including phenoxy) is 1. The van der Waals surface area contributed by atoms with Crippen molar-refractivity contribution in [2.24, 2.45) is 0 Å². The number of rotatable bonds is 6. The highest BCUT2D eigenvalue weighted by Gasteiger charge is 2.24. The van der Waals surface area contributed by atoms with Crippen molar-refractivity contribution in [2.45, 2.75) is 30.3 Å². The molecule has 0 saturated carbocycles. The Morgan fingerprint density at radius 1 is 1.50 bits per heavy atom. The number of nitrogens with two attached hydrogens (primary N) is 1. The summed E-state index contributed by atoms with van der Waals surface area (Å²) < 4.78 is 6.16. The van der Waals surface area contributed by atoms with Gasteiger partial charge in [-0.25, -0.2) is 9.47 Å². The molecule has 0 radical (unpaired) electrons. The van der Waals surface area contributed by atoms with Crippen LogP contribution >= 0.6 is 23.4 Å². The van der Waals surface area contributed by atoms with Crippen LogP contribution in [-0.2, 0) is 4.74 Å². The molecule has 0 saturated heterocycles. The van der Waals surface area contributed by atoms with Crippen molar-refractivity contribution in [3.63, 3.8) is 0 Å². The number of hydrogen-bond acceptors (Lipinski definition) is 8. The van der Waals surface area contributed by atoms with Crippen molar-refractivity contribution in [3.05, 3.63) is 38.7 Å². The van der Waals surface area contributed by atoms with Gasteiger partial charge >= 0.3 is 5.97 Å². The Morgan fingerprint density at radius 3 is 2.75 bits per heavy atom. The summed E-state index contributed by atoms with van der Waals surface area (Å²) in [6, 6.07) is 2.44. The maximum atomic E-state index is 11.9. The van der Waals surface area contributed by atoms with Gasteiger partial charge in [-0.15, -0.1) is 10.2 Å². The van der Waals surface area contributed by atoms with Crippen LogP contribution in [0.5, 0.6) is 0 Å². The van der Waals surface area contributed by atoms with Gasteiger partial charge in [-0.2, -0.15) is 0 Å². The van der Waals surface area contributed by atoms with Gasteiger partial charge in [0.2, 0.25) is 5.16 Å². The van der Waals surface area contributed by atoms with Crippen LogP contribution in [0, 0.1) is 17.0 Å². The summed E-state index contributed by atoms with van der Waals surface area (Å²) in [5.74, 6) is 5.51. The van der Waals surface area contributed by atoms with Crippen molar-refractivity contribution in [1.29, 1.82) is 0 Å². The van der Waals surface area contributed by atoms with Crippen LogP contribution in [0.3, 0.4) is 0 Å². The van der Waals surface area contributed by atoms with Crippen molar-refractivity contribution in [2.75, 3.05) is 12.4 Å². The number of carbonyl (C=O) groups excluding carboxylic acids is 1. The van der Waals surface area contributed by atoms with Gasteiger partial charge in [0.15, 0.2) is 0 Å². The molecule has 0 fully saturated rings. The Morgan fingerprint density at radius 2 is 2.21 bits per heavy atom. The summed E-state index contributed by atoms with van der Waals surface area (Å²) in [5, 5.41) is 19.2.